The van der Waals surface area contributed by atoms with Gasteiger partial charge in [0.1, 0.15) is 5.76 Å². The monoisotopic (exact) mass is 319 g/mol. The predicted octanol–water partition coefficient (Wildman–Crippen LogP) is 3.11. The fourth-order valence-electron chi connectivity index (χ4n) is 2.63. The van der Waals surface area contributed by atoms with E-state index in [2.05, 4.69) is 0 Å². The molecule has 1 aliphatic carbocycles. The number of furan rings is 1. The summed E-state index contributed by atoms with van der Waals surface area (Å²) in [7, 11) is 0. The molecule has 1 fully saturated rings. The lowest BCUT2D eigenvalue weighted by Gasteiger charge is -2.27. The molecule has 118 valence electrons. The molecule has 0 radical (unpaired) electrons. The molecule has 1 amide bonds. The van der Waals surface area contributed by atoms with Gasteiger partial charge in [-0.15, -0.1) is 0 Å². The van der Waals surface area contributed by atoms with Gasteiger partial charge in [-0.2, -0.15) is 8.78 Å². The second kappa shape index (κ2) is 7.79. The summed E-state index contributed by atoms with van der Waals surface area (Å²) in [6.07, 6.45) is 4.02. The smallest absolute Gasteiger partial charge is 0.289 e. The number of hydrogen-bond donors (Lipinski definition) is 1. The first-order valence-corrected chi connectivity index (χ1v) is 8.07. The Morgan fingerprint density at radius 2 is 2.14 bits per heavy atom. The van der Waals surface area contributed by atoms with Crippen molar-refractivity contribution in [2.45, 2.75) is 43.2 Å². The molecule has 0 aromatic carbocycles. The lowest BCUT2D eigenvalue weighted by Crippen LogP contribution is -2.40. The van der Waals surface area contributed by atoms with Crippen molar-refractivity contribution in [1.29, 1.82) is 0 Å². The normalized spacial score (nSPS) is 15.8. The van der Waals surface area contributed by atoms with E-state index in [0.29, 0.717) is 17.5 Å². The molecule has 4 nitrogen and oxygen atoms in total. The minimum Gasteiger partial charge on any atom is -0.455 e. The third-order valence-electron chi connectivity index (χ3n) is 3.59. The van der Waals surface area contributed by atoms with Gasteiger partial charge in [0.25, 0.3) is 11.7 Å². The van der Waals surface area contributed by atoms with Crippen LogP contribution in [-0.2, 0) is 5.75 Å². The Balaban J connectivity index is 2.02. The van der Waals surface area contributed by atoms with Gasteiger partial charge in [-0.25, -0.2) is 0 Å². The number of alkyl halides is 2. The molecule has 0 saturated heterocycles. The van der Waals surface area contributed by atoms with Crippen molar-refractivity contribution in [3.05, 3.63) is 23.7 Å². The lowest BCUT2D eigenvalue weighted by molar-refractivity contribution is 0.0604. The largest absolute Gasteiger partial charge is 0.455 e. The van der Waals surface area contributed by atoms with Crippen molar-refractivity contribution >= 4 is 17.7 Å². The highest BCUT2D eigenvalue weighted by Crippen LogP contribution is 2.26. The molecule has 1 heterocycles. The first-order valence-electron chi connectivity index (χ1n) is 7.02. The first kappa shape index (κ1) is 16.3. The van der Waals surface area contributed by atoms with E-state index in [1.54, 1.807) is 11.0 Å². The molecule has 1 saturated carbocycles. The van der Waals surface area contributed by atoms with Gasteiger partial charge in [-0.3, -0.25) is 4.79 Å². The third-order valence-corrected chi connectivity index (χ3v) is 4.29. The van der Waals surface area contributed by atoms with Crippen molar-refractivity contribution < 1.29 is 23.1 Å². The molecule has 0 aliphatic heterocycles. The van der Waals surface area contributed by atoms with Crippen molar-refractivity contribution in [2.75, 3.05) is 13.2 Å². The van der Waals surface area contributed by atoms with E-state index in [-0.39, 0.29) is 36.6 Å². The van der Waals surface area contributed by atoms with Crippen LogP contribution in [0.3, 0.4) is 0 Å². The van der Waals surface area contributed by atoms with E-state index in [1.165, 1.54) is 6.07 Å². The Bertz CT molecular complexity index is 461. The highest BCUT2D eigenvalue weighted by Gasteiger charge is 2.28. The summed E-state index contributed by atoms with van der Waals surface area (Å²) < 4.78 is 29.6. The van der Waals surface area contributed by atoms with Crippen LogP contribution in [-0.4, -0.2) is 40.9 Å². The molecular formula is C14H19F2NO3S. The fourth-order valence-corrected chi connectivity index (χ4v) is 3.08. The third kappa shape index (κ3) is 4.44. The number of aliphatic hydroxyl groups is 1. The maximum absolute atomic E-state index is 12.4. The average Bonchev–Trinajstić information content (AvgIpc) is 3.12. The van der Waals surface area contributed by atoms with Gasteiger partial charge < -0.3 is 14.4 Å². The van der Waals surface area contributed by atoms with Gasteiger partial charge in [0.15, 0.2) is 5.76 Å². The fraction of sp³-hybridized carbons (Fsp3) is 0.643. The Kier molecular flexibility index (Phi) is 6.05. The Hall–Kier alpha value is -1.08. The van der Waals surface area contributed by atoms with Crippen LogP contribution in [0.4, 0.5) is 8.78 Å². The number of thioether (sulfide) groups is 1. The van der Waals surface area contributed by atoms with Gasteiger partial charge in [0.2, 0.25) is 0 Å². The van der Waals surface area contributed by atoms with Gasteiger partial charge in [-0.05, 0) is 25.0 Å². The van der Waals surface area contributed by atoms with E-state index >= 15 is 0 Å². The molecular weight excluding hydrogens is 300 g/mol. The number of carbonyl (C=O) groups excluding carboxylic acids is 1. The molecule has 7 heteroatoms. The highest BCUT2D eigenvalue weighted by molar-refractivity contribution is 7.98. The van der Waals surface area contributed by atoms with Crippen molar-refractivity contribution in [3.63, 3.8) is 0 Å². The summed E-state index contributed by atoms with van der Waals surface area (Å²) in [5, 5.41) is 9.13. The van der Waals surface area contributed by atoms with Gasteiger partial charge in [0.05, 0.1) is 12.4 Å². The van der Waals surface area contributed by atoms with E-state index < -0.39 is 5.76 Å². The van der Waals surface area contributed by atoms with Crippen molar-refractivity contribution in [1.82, 2.24) is 4.90 Å². The van der Waals surface area contributed by atoms with Crippen LogP contribution in [0.1, 0.15) is 42.0 Å². The first-order chi connectivity index (χ1) is 10.1. The Labute approximate surface area is 126 Å². The maximum Gasteiger partial charge on any atom is 0.289 e. The van der Waals surface area contributed by atoms with Crippen molar-refractivity contribution in [2.24, 2.45) is 0 Å². The average molecular weight is 319 g/mol. The van der Waals surface area contributed by atoms with E-state index in [4.69, 9.17) is 9.52 Å². The minimum absolute atomic E-state index is 0.0361. The topological polar surface area (TPSA) is 53.7 Å². The molecule has 1 aromatic rings. The van der Waals surface area contributed by atoms with Crippen molar-refractivity contribution in [3.8, 4) is 0 Å². The van der Waals surface area contributed by atoms with E-state index in [0.717, 1.165) is 25.7 Å². The quantitative estimate of drug-likeness (QED) is 0.839. The molecule has 1 aromatic heterocycles. The standard InChI is InChI=1S/C14H19F2NO3S/c15-14(16)21-9-11-5-6-12(20-11)13(19)17(7-8-18)10-3-1-2-4-10/h5-6,10,14,18H,1-4,7-9H2. The van der Waals surface area contributed by atoms with E-state index in [1.807, 2.05) is 0 Å². The molecule has 0 bridgehead atoms. The molecule has 0 atom stereocenters. The van der Waals surface area contributed by atoms with Crippen LogP contribution in [0.5, 0.6) is 0 Å². The molecule has 1 N–H and O–H groups in total. The zero-order chi connectivity index (χ0) is 15.2. The van der Waals surface area contributed by atoms with Crippen LogP contribution in [0.2, 0.25) is 0 Å². The summed E-state index contributed by atoms with van der Waals surface area (Å²) in [5.41, 5.74) is 0. The molecule has 0 spiro atoms. The van der Waals surface area contributed by atoms with Crippen LogP contribution >= 0.6 is 11.8 Å². The summed E-state index contributed by atoms with van der Waals surface area (Å²) in [6.45, 7) is 0.169. The van der Waals surface area contributed by atoms with Gasteiger partial charge in [0, 0.05) is 12.6 Å². The number of aliphatic hydroxyl groups excluding tert-OH is 1. The zero-order valence-corrected chi connectivity index (χ0v) is 12.5. The second-order valence-electron chi connectivity index (χ2n) is 5.00. The molecule has 21 heavy (non-hydrogen) atoms. The number of nitrogens with zero attached hydrogens (tertiary/aromatic N) is 1. The van der Waals surface area contributed by atoms with Crippen LogP contribution in [0, 0.1) is 0 Å². The second-order valence-corrected chi connectivity index (χ2v) is 5.98. The van der Waals surface area contributed by atoms with Gasteiger partial charge >= 0.3 is 0 Å². The zero-order valence-electron chi connectivity index (χ0n) is 11.6. The number of amides is 1. The maximum atomic E-state index is 12.4. The Morgan fingerprint density at radius 3 is 2.76 bits per heavy atom. The lowest BCUT2D eigenvalue weighted by atomic mass is 10.2. The highest BCUT2D eigenvalue weighted by atomic mass is 32.2. The predicted molar refractivity (Wildman–Crippen MR) is 76.4 cm³/mol. The number of rotatable bonds is 7. The van der Waals surface area contributed by atoms with Crippen LogP contribution in [0.15, 0.2) is 16.5 Å². The van der Waals surface area contributed by atoms with Crippen LogP contribution in [0.25, 0.3) is 0 Å². The van der Waals surface area contributed by atoms with Gasteiger partial charge in [-0.1, -0.05) is 24.6 Å². The molecule has 2 rings (SSSR count). The summed E-state index contributed by atoms with van der Waals surface area (Å²) in [5.74, 6) is -2.18. The SMILES string of the molecule is O=C(c1ccc(CSC(F)F)o1)N(CCO)C1CCCC1. The van der Waals surface area contributed by atoms with E-state index in [9.17, 15) is 13.6 Å². The number of carbonyl (C=O) groups is 1. The Morgan fingerprint density at radius 1 is 1.43 bits per heavy atom. The summed E-state index contributed by atoms with van der Waals surface area (Å²) >= 11 is 0.461. The molecule has 0 unspecified atom stereocenters. The summed E-state index contributed by atoms with van der Waals surface area (Å²) in [4.78, 5) is 14.1. The van der Waals surface area contributed by atoms with Crippen LogP contribution < -0.4 is 0 Å². The summed E-state index contributed by atoms with van der Waals surface area (Å²) in [6, 6.07) is 3.20. The minimum atomic E-state index is -2.46. The molecule has 1 aliphatic rings. The number of halogens is 2. The number of hydrogen-bond acceptors (Lipinski definition) is 4.